The van der Waals surface area contributed by atoms with Gasteiger partial charge in [0.05, 0.1) is 6.20 Å². The van der Waals surface area contributed by atoms with Crippen LogP contribution in [-0.4, -0.2) is 49.0 Å². The molecule has 0 aliphatic carbocycles. The third-order valence-electron chi connectivity index (χ3n) is 3.05. The van der Waals surface area contributed by atoms with Crippen LogP contribution in [0.25, 0.3) is 0 Å². The fourth-order valence-corrected chi connectivity index (χ4v) is 1.98. The normalized spacial score (nSPS) is 11.2. The number of aliphatic imine (C=N–C) groups is 1. The van der Waals surface area contributed by atoms with E-state index in [0.29, 0.717) is 6.54 Å². The van der Waals surface area contributed by atoms with Crippen LogP contribution in [0.2, 0.25) is 0 Å². The van der Waals surface area contributed by atoms with Crippen LogP contribution in [0.5, 0.6) is 0 Å². The van der Waals surface area contributed by atoms with Gasteiger partial charge >= 0.3 is 0 Å². The van der Waals surface area contributed by atoms with E-state index in [4.69, 9.17) is 0 Å². The third-order valence-corrected chi connectivity index (χ3v) is 3.05. The maximum atomic E-state index is 4.60. The predicted molar refractivity (Wildman–Crippen MR) is 95.9 cm³/mol. The molecule has 122 valence electrons. The Hall–Kier alpha value is -1.65. The van der Waals surface area contributed by atoms with Crippen LogP contribution in [0.1, 0.15) is 18.3 Å². The SMILES string of the molecule is CCNC(=NCc1ncnn1C)N(C)Cc1cnn(C)c1.I. The summed E-state index contributed by atoms with van der Waals surface area (Å²) in [6.07, 6.45) is 5.41. The van der Waals surface area contributed by atoms with E-state index < -0.39 is 0 Å². The summed E-state index contributed by atoms with van der Waals surface area (Å²) in [5.41, 5.74) is 1.14. The predicted octanol–water partition coefficient (Wildman–Crippen LogP) is 0.764. The highest BCUT2D eigenvalue weighted by molar-refractivity contribution is 14.0. The maximum absolute atomic E-state index is 4.60. The standard InChI is InChI=1S/C13H22N8.HI/c1-5-14-13(15-7-12-16-10-18-21(12)4)19(2)8-11-6-17-20(3)9-11;/h6,9-10H,5,7-8H2,1-4H3,(H,14,15);1H. The van der Waals surface area contributed by atoms with Gasteiger partial charge in [0.1, 0.15) is 18.7 Å². The number of guanidine groups is 1. The van der Waals surface area contributed by atoms with Crippen molar-refractivity contribution in [2.24, 2.45) is 19.1 Å². The minimum absolute atomic E-state index is 0. The zero-order chi connectivity index (χ0) is 15.2. The van der Waals surface area contributed by atoms with E-state index in [2.05, 4.69) is 37.3 Å². The second-order valence-electron chi connectivity index (χ2n) is 4.85. The lowest BCUT2D eigenvalue weighted by Gasteiger charge is -2.21. The van der Waals surface area contributed by atoms with Crippen molar-refractivity contribution >= 4 is 29.9 Å². The molecule has 0 atom stereocenters. The first-order valence-electron chi connectivity index (χ1n) is 6.90. The van der Waals surface area contributed by atoms with Gasteiger partial charge in [-0.25, -0.2) is 9.98 Å². The first-order chi connectivity index (χ1) is 10.1. The van der Waals surface area contributed by atoms with Crippen molar-refractivity contribution in [1.29, 1.82) is 0 Å². The van der Waals surface area contributed by atoms with Crippen LogP contribution in [-0.2, 0) is 27.2 Å². The summed E-state index contributed by atoms with van der Waals surface area (Å²) in [4.78, 5) is 10.8. The molecule has 22 heavy (non-hydrogen) atoms. The monoisotopic (exact) mass is 418 g/mol. The quantitative estimate of drug-likeness (QED) is 0.441. The third kappa shape index (κ3) is 4.97. The van der Waals surface area contributed by atoms with Crippen molar-refractivity contribution in [1.82, 2.24) is 34.8 Å². The van der Waals surface area contributed by atoms with Gasteiger partial charge in [-0.05, 0) is 6.92 Å². The van der Waals surface area contributed by atoms with Gasteiger partial charge in [-0.3, -0.25) is 9.36 Å². The summed E-state index contributed by atoms with van der Waals surface area (Å²) < 4.78 is 3.53. The molecule has 0 fully saturated rings. The molecule has 0 aliphatic heterocycles. The van der Waals surface area contributed by atoms with Crippen molar-refractivity contribution < 1.29 is 0 Å². The van der Waals surface area contributed by atoms with Gasteiger partial charge in [0.15, 0.2) is 5.96 Å². The van der Waals surface area contributed by atoms with Gasteiger partial charge in [-0.1, -0.05) is 0 Å². The first kappa shape index (κ1) is 18.4. The molecule has 2 heterocycles. The zero-order valence-electron chi connectivity index (χ0n) is 13.4. The second-order valence-corrected chi connectivity index (χ2v) is 4.85. The zero-order valence-corrected chi connectivity index (χ0v) is 15.7. The average molecular weight is 418 g/mol. The Bertz CT molecular complexity index is 603. The Labute approximate surface area is 147 Å². The first-order valence-corrected chi connectivity index (χ1v) is 6.90. The van der Waals surface area contributed by atoms with E-state index in [9.17, 15) is 0 Å². The van der Waals surface area contributed by atoms with Crippen molar-refractivity contribution in [2.75, 3.05) is 13.6 Å². The highest BCUT2D eigenvalue weighted by Gasteiger charge is 2.08. The molecule has 0 amide bonds. The molecule has 8 nitrogen and oxygen atoms in total. The number of rotatable bonds is 5. The van der Waals surface area contributed by atoms with Crippen LogP contribution in [0.15, 0.2) is 23.7 Å². The lowest BCUT2D eigenvalue weighted by molar-refractivity contribution is 0.475. The minimum Gasteiger partial charge on any atom is -0.357 e. The lowest BCUT2D eigenvalue weighted by Crippen LogP contribution is -2.38. The number of nitrogens with zero attached hydrogens (tertiary/aromatic N) is 7. The Morgan fingerprint density at radius 1 is 1.36 bits per heavy atom. The molecule has 0 aliphatic rings. The Morgan fingerprint density at radius 3 is 2.68 bits per heavy atom. The van der Waals surface area contributed by atoms with Gasteiger partial charge in [-0.2, -0.15) is 10.2 Å². The van der Waals surface area contributed by atoms with Gasteiger partial charge < -0.3 is 10.2 Å². The Kier molecular flexibility index (Phi) is 7.28. The largest absolute Gasteiger partial charge is 0.357 e. The molecular formula is C13H23IN8. The van der Waals surface area contributed by atoms with E-state index in [1.54, 1.807) is 9.36 Å². The molecule has 0 aromatic carbocycles. The van der Waals surface area contributed by atoms with Crippen LogP contribution in [0.3, 0.4) is 0 Å². The van der Waals surface area contributed by atoms with Crippen molar-refractivity contribution in [2.45, 2.75) is 20.0 Å². The molecule has 0 radical (unpaired) electrons. The molecule has 2 rings (SSSR count). The van der Waals surface area contributed by atoms with Gasteiger partial charge in [-0.15, -0.1) is 24.0 Å². The molecule has 1 N–H and O–H groups in total. The fourth-order valence-electron chi connectivity index (χ4n) is 1.98. The summed E-state index contributed by atoms with van der Waals surface area (Å²) in [5, 5.41) is 11.5. The molecular weight excluding hydrogens is 395 g/mol. The number of halogens is 1. The molecule has 0 spiro atoms. The summed E-state index contributed by atoms with van der Waals surface area (Å²) in [6, 6.07) is 0. The fraction of sp³-hybridized carbons (Fsp3) is 0.538. The lowest BCUT2D eigenvalue weighted by atomic mass is 10.3. The summed E-state index contributed by atoms with van der Waals surface area (Å²) in [5.74, 6) is 1.67. The molecule has 0 saturated heterocycles. The number of nitrogens with one attached hydrogen (secondary N) is 1. The van der Waals surface area contributed by atoms with Crippen LogP contribution in [0.4, 0.5) is 0 Å². The summed E-state index contributed by atoms with van der Waals surface area (Å²) in [7, 11) is 5.78. The molecule has 0 bridgehead atoms. The number of hydrogen-bond donors (Lipinski definition) is 1. The molecule has 9 heteroatoms. The van der Waals surface area contributed by atoms with Crippen LogP contribution < -0.4 is 5.32 Å². The van der Waals surface area contributed by atoms with E-state index in [-0.39, 0.29) is 24.0 Å². The smallest absolute Gasteiger partial charge is 0.194 e. The average Bonchev–Trinajstić information content (AvgIpc) is 3.03. The minimum atomic E-state index is 0. The molecule has 0 unspecified atom stereocenters. The Balaban J connectivity index is 0.00000242. The summed E-state index contributed by atoms with van der Waals surface area (Å²) >= 11 is 0. The van der Waals surface area contributed by atoms with Crippen molar-refractivity contribution in [3.05, 3.63) is 30.1 Å². The van der Waals surface area contributed by atoms with Crippen LogP contribution >= 0.6 is 24.0 Å². The van der Waals surface area contributed by atoms with E-state index >= 15 is 0 Å². The molecule has 0 saturated carbocycles. The van der Waals surface area contributed by atoms with Gasteiger partial charge in [0.2, 0.25) is 0 Å². The van der Waals surface area contributed by atoms with Crippen molar-refractivity contribution in [3.8, 4) is 0 Å². The number of aryl methyl sites for hydroxylation is 2. The molecule has 2 aromatic heterocycles. The van der Waals surface area contributed by atoms with E-state index in [1.165, 1.54) is 6.33 Å². The number of aromatic nitrogens is 5. The van der Waals surface area contributed by atoms with Gasteiger partial charge in [0, 0.05) is 46.0 Å². The second kappa shape index (κ2) is 8.71. The van der Waals surface area contributed by atoms with E-state index in [0.717, 1.165) is 30.4 Å². The molecule has 2 aromatic rings. The maximum Gasteiger partial charge on any atom is 0.194 e. The number of hydrogen-bond acceptors (Lipinski definition) is 4. The van der Waals surface area contributed by atoms with Crippen molar-refractivity contribution in [3.63, 3.8) is 0 Å². The van der Waals surface area contributed by atoms with E-state index in [1.807, 2.05) is 33.5 Å². The van der Waals surface area contributed by atoms with Crippen LogP contribution in [0, 0.1) is 0 Å². The topological polar surface area (TPSA) is 76.2 Å². The highest BCUT2D eigenvalue weighted by Crippen LogP contribution is 2.02. The van der Waals surface area contributed by atoms with Gasteiger partial charge in [0.25, 0.3) is 0 Å². The summed E-state index contributed by atoms with van der Waals surface area (Å²) in [6.45, 7) is 4.11. The highest BCUT2D eigenvalue weighted by atomic mass is 127. The Morgan fingerprint density at radius 2 is 2.14 bits per heavy atom.